The van der Waals surface area contributed by atoms with Gasteiger partial charge in [0.25, 0.3) is 0 Å². The highest BCUT2D eigenvalue weighted by Crippen LogP contribution is 2.37. The Morgan fingerprint density at radius 2 is 1.84 bits per heavy atom. The molecule has 198 valence electrons. The van der Waals surface area contributed by atoms with Crippen LogP contribution in [-0.4, -0.2) is 49.5 Å². The molecule has 38 heavy (non-hydrogen) atoms. The van der Waals surface area contributed by atoms with Crippen LogP contribution in [0, 0.1) is 17.6 Å². The first kappa shape index (κ1) is 24.7. The molecular weight excluding hydrogens is 490 g/mol. The summed E-state index contributed by atoms with van der Waals surface area (Å²) in [4.78, 5) is 23.2. The summed E-state index contributed by atoms with van der Waals surface area (Å²) in [5.74, 6) is -1.05. The number of benzene rings is 1. The largest absolute Gasteiger partial charge is 0.381 e. The van der Waals surface area contributed by atoms with E-state index in [9.17, 15) is 13.6 Å². The van der Waals surface area contributed by atoms with Gasteiger partial charge in [0.05, 0.1) is 11.0 Å². The fourth-order valence-electron chi connectivity index (χ4n) is 5.74. The second-order valence-electron chi connectivity index (χ2n) is 10.2. The number of nitrogens with zero attached hydrogens (tertiary/aromatic N) is 5. The van der Waals surface area contributed by atoms with Crippen LogP contribution in [-0.2, 0) is 9.53 Å². The van der Waals surface area contributed by atoms with Crippen molar-refractivity contribution in [1.82, 2.24) is 29.6 Å². The number of imidazole rings is 1. The molecule has 8 nitrogen and oxygen atoms in total. The lowest BCUT2D eigenvalue weighted by Crippen LogP contribution is -2.44. The van der Waals surface area contributed by atoms with Crippen molar-refractivity contribution >= 4 is 16.9 Å². The Balaban J connectivity index is 1.47. The van der Waals surface area contributed by atoms with Gasteiger partial charge in [-0.1, -0.05) is 19.3 Å². The van der Waals surface area contributed by atoms with E-state index >= 15 is 0 Å². The van der Waals surface area contributed by atoms with Crippen LogP contribution in [0.25, 0.3) is 28.2 Å². The van der Waals surface area contributed by atoms with E-state index in [2.05, 4.69) is 15.4 Å². The van der Waals surface area contributed by atoms with Crippen molar-refractivity contribution in [3.63, 3.8) is 0 Å². The van der Waals surface area contributed by atoms with Crippen molar-refractivity contribution in [3.8, 4) is 17.2 Å². The maximum absolute atomic E-state index is 14.6. The number of carbonyl (C=O) groups is 1. The predicted octanol–water partition coefficient (Wildman–Crippen LogP) is 4.98. The third kappa shape index (κ3) is 4.80. The second kappa shape index (κ2) is 10.6. The summed E-state index contributed by atoms with van der Waals surface area (Å²) < 4.78 is 37.9. The number of aromatic nitrogens is 5. The molecular formula is C28H30F2N6O2. The lowest BCUT2D eigenvalue weighted by atomic mass is 9.89. The minimum atomic E-state index is -0.977. The van der Waals surface area contributed by atoms with Crippen LogP contribution in [0.5, 0.6) is 0 Å². The Morgan fingerprint density at radius 1 is 1.05 bits per heavy atom. The first-order chi connectivity index (χ1) is 18.6. The van der Waals surface area contributed by atoms with Gasteiger partial charge in [0.2, 0.25) is 5.91 Å². The fourth-order valence-corrected chi connectivity index (χ4v) is 5.74. The smallest absolute Gasteiger partial charge is 0.243 e. The van der Waals surface area contributed by atoms with Crippen molar-refractivity contribution in [2.75, 3.05) is 13.2 Å². The van der Waals surface area contributed by atoms with Crippen molar-refractivity contribution in [2.24, 2.45) is 5.92 Å². The first-order valence-corrected chi connectivity index (χ1v) is 13.3. The van der Waals surface area contributed by atoms with Crippen molar-refractivity contribution < 1.29 is 18.3 Å². The minimum Gasteiger partial charge on any atom is -0.381 e. The molecule has 0 bridgehead atoms. The van der Waals surface area contributed by atoms with Crippen LogP contribution in [0.1, 0.15) is 51.0 Å². The van der Waals surface area contributed by atoms with Gasteiger partial charge in [-0.15, -0.1) is 0 Å². The number of halogens is 2. The van der Waals surface area contributed by atoms with Gasteiger partial charge in [-0.05, 0) is 49.8 Å². The van der Waals surface area contributed by atoms with E-state index in [1.54, 1.807) is 33.9 Å². The second-order valence-corrected chi connectivity index (χ2v) is 10.2. The standard InChI is InChI=1S/C28H30F2N6O2/c29-21-15-23-24(16-22(21)30)36(27(34-23)19-7-8-25(31-17-19)35-12-4-11-32-35)26(18-9-13-38-14-10-18)28(37)33-20-5-2-1-3-6-20/h4,7-8,11-12,15-18,20,26H,1-3,5-6,9-10,13-14H2,(H,33,37)/t26-/m0/s1. The molecule has 1 saturated heterocycles. The minimum absolute atomic E-state index is 0.0482. The molecule has 6 rings (SSSR count). The Labute approximate surface area is 219 Å². The SMILES string of the molecule is O=C(NC1CCCCC1)[C@H](C1CCOCC1)n1c(-c2ccc(-n3cccn3)nc2)nc2cc(F)c(F)cc21. The summed E-state index contributed by atoms with van der Waals surface area (Å²) in [5.41, 5.74) is 1.31. The maximum Gasteiger partial charge on any atom is 0.243 e. The van der Waals surface area contributed by atoms with Crippen LogP contribution in [0.3, 0.4) is 0 Å². The molecule has 1 aliphatic heterocycles. The Hall–Kier alpha value is -3.66. The van der Waals surface area contributed by atoms with Crippen LogP contribution in [0.2, 0.25) is 0 Å². The van der Waals surface area contributed by atoms with Gasteiger partial charge in [0.1, 0.15) is 11.9 Å². The van der Waals surface area contributed by atoms with E-state index < -0.39 is 17.7 Å². The monoisotopic (exact) mass is 520 g/mol. The van der Waals surface area contributed by atoms with E-state index in [1.807, 2.05) is 12.1 Å². The van der Waals surface area contributed by atoms with Gasteiger partial charge >= 0.3 is 0 Å². The molecule has 4 aromatic rings. The lowest BCUT2D eigenvalue weighted by molar-refractivity contribution is -0.127. The van der Waals surface area contributed by atoms with Gasteiger partial charge in [-0.3, -0.25) is 4.79 Å². The molecule has 1 N–H and O–H groups in total. The van der Waals surface area contributed by atoms with Crippen LogP contribution >= 0.6 is 0 Å². The zero-order valence-corrected chi connectivity index (χ0v) is 21.0. The quantitative estimate of drug-likeness (QED) is 0.388. The van der Waals surface area contributed by atoms with Crippen molar-refractivity contribution in [3.05, 3.63) is 60.6 Å². The Bertz CT molecular complexity index is 1410. The highest BCUT2D eigenvalue weighted by Gasteiger charge is 2.36. The molecule has 10 heteroatoms. The third-order valence-electron chi connectivity index (χ3n) is 7.69. The van der Waals surface area contributed by atoms with Gasteiger partial charge < -0.3 is 14.6 Å². The predicted molar refractivity (Wildman–Crippen MR) is 138 cm³/mol. The lowest BCUT2D eigenvalue weighted by Gasteiger charge is -2.33. The molecule has 1 atom stereocenters. The summed E-state index contributed by atoms with van der Waals surface area (Å²) in [5, 5.41) is 7.49. The molecule has 1 aliphatic carbocycles. The first-order valence-electron chi connectivity index (χ1n) is 13.3. The molecule has 3 aromatic heterocycles. The fraction of sp³-hybridized carbons (Fsp3) is 0.429. The van der Waals surface area contributed by atoms with E-state index in [4.69, 9.17) is 9.72 Å². The number of pyridine rings is 1. The highest BCUT2D eigenvalue weighted by molar-refractivity contribution is 5.87. The summed E-state index contributed by atoms with van der Waals surface area (Å²) in [6.07, 6.45) is 11.7. The number of carbonyl (C=O) groups excluding carboxylic acids is 1. The number of hydrogen-bond acceptors (Lipinski definition) is 5. The molecule has 0 radical (unpaired) electrons. The zero-order valence-electron chi connectivity index (χ0n) is 21.0. The Morgan fingerprint density at radius 3 is 2.55 bits per heavy atom. The third-order valence-corrected chi connectivity index (χ3v) is 7.69. The average molecular weight is 521 g/mol. The number of hydrogen-bond donors (Lipinski definition) is 1. The molecule has 1 aromatic carbocycles. The number of ether oxygens (including phenoxy) is 1. The van der Waals surface area contributed by atoms with Crippen LogP contribution in [0.15, 0.2) is 48.9 Å². The molecule has 4 heterocycles. The van der Waals surface area contributed by atoms with Gasteiger partial charge in [0, 0.05) is 55.5 Å². The Kier molecular flexibility index (Phi) is 6.88. The molecule has 0 spiro atoms. The van der Waals surface area contributed by atoms with E-state index in [0.29, 0.717) is 48.8 Å². The molecule has 2 aliphatic rings. The number of fused-ring (bicyclic) bond motifs is 1. The summed E-state index contributed by atoms with van der Waals surface area (Å²) >= 11 is 0. The molecule has 1 saturated carbocycles. The van der Waals surface area contributed by atoms with Crippen molar-refractivity contribution in [1.29, 1.82) is 0 Å². The molecule has 0 unspecified atom stereocenters. The number of rotatable bonds is 6. The molecule has 1 amide bonds. The van der Waals surface area contributed by atoms with Gasteiger partial charge in [-0.25, -0.2) is 23.4 Å². The average Bonchev–Trinajstić information content (AvgIpc) is 3.60. The summed E-state index contributed by atoms with van der Waals surface area (Å²) in [6.45, 7) is 1.09. The van der Waals surface area contributed by atoms with E-state index in [-0.39, 0.29) is 23.4 Å². The van der Waals surface area contributed by atoms with Gasteiger partial charge in [-0.2, -0.15) is 5.10 Å². The topological polar surface area (TPSA) is 86.9 Å². The number of amides is 1. The number of nitrogens with one attached hydrogen (secondary N) is 1. The van der Waals surface area contributed by atoms with Gasteiger partial charge in [0.15, 0.2) is 17.5 Å². The zero-order chi connectivity index (χ0) is 26.1. The highest BCUT2D eigenvalue weighted by atomic mass is 19.2. The molecule has 2 fully saturated rings. The summed E-state index contributed by atoms with van der Waals surface area (Å²) in [7, 11) is 0. The van der Waals surface area contributed by atoms with E-state index in [1.165, 1.54) is 6.42 Å². The van der Waals surface area contributed by atoms with Crippen LogP contribution in [0.4, 0.5) is 8.78 Å². The maximum atomic E-state index is 14.6. The van der Waals surface area contributed by atoms with E-state index in [0.717, 1.165) is 37.8 Å². The van der Waals surface area contributed by atoms with Crippen LogP contribution < -0.4 is 5.32 Å². The van der Waals surface area contributed by atoms with Crippen molar-refractivity contribution in [2.45, 2.75) is 57.0 Å². The normalized spacial score (nSPS) is 18.1. The summed E-state index contributed by atoms with van der Waals surface area (Å²) in [6, 6.07) is 7.15.